The molecule has 0 radical (unpaired) electrons. The van der Waals surface area contributed by atoms with E-state index in [1.54, 1.807) is 0 Å². The minimum Gasteiger partial charge on any atom is -0.376 e. The van der Waals surface area contributed by atoms with E-state index in [0.717, 1.165) is 43.9 Å². The molecule has 6 nitrogen and oxygen atoms in total. The highest BCUT2D eigenvalue weighted by Crippen LogP contribution is 2.46. The van der Waals surface area contributed by atoms with E-state index in [1.165, 1.54) is 0 Å². The standard InChI is InChI=1S/C20H29N3O3/c1-3-23(4-2)16-9-7-15(8-10-16)22-19(25)20(11-12-20)18(24)21-14-17-6-5-13-26-17/h7-10,17H,3-6,11-14H2,1-2H3,(H,21,24)(H,22,25). The van der Waals surface area contributed by atoms with Crippen LogP contribution in [0.3, 0.4) is 0 Å². The normalized spacial score (nSPS) is 20.5. The zero-order chi connectivity index (χ0) is 18.6. The third-order valence-corrected chi connectivity index (χ3v) is 5.39. The van der Waals surface area contributed by atoms with E-state index in [0.29, 0.717) is 19.4 Å². The smallest absolute Gasteiger partial charge is 0.240 e. The summed E-state index contributed by atoms with van der Waals surface area (Å²) in [7, 11) is 0. The van der Waals surface area contributed by atoms with E-state index in [1.807, 2.05) is 24.3 Å². The minimum atomic E-state index is -0.907. The van der Waals surface area contributed by atoms with Crippen molar-refractivity contribution < 1.29 is 14.3 Å². The molecule has 0 bridgehead atoms. The molecule has 26 heavy (non-hydrogen) atoms. The Balaban J connectivity index is 1.55. The number of carbonyl (C=O) groups excluding carboxylic acids is 2. The Kier molecular flexibility index (Phi) is 5.81. The molecule has 1 saturated heterocycles. The Morgan fingerprint density at radius 2 is 1.85 bits per heavy atom. The van der Waals surface area contributed by atoms with Crippen molar-refractivity contribution in [3.63, 3.8) is 0 Å². The van der Waals surface area contributed by atoms with Crippen LogP contribution < -0.4 is 15.5 Å². The molecule has 1 heterocycles. The predicted octanol–water partition coefficient (Wildman–Crippen LogP) is 2.55. The van der Waals surface area contributed by atoms with Crippen molar-refractivity contribution in [2.45, 2.75) is 45.6 Å². The first-order chi connectivity index (χ1) is 12.6. The fraction of sp³-hybridized carbons (Fsp3) is 0.600. The molecule has 1 aromatic carbocycles. The molecule has 2 amide bonds. The summed E-state index contributed by atoms with van der Waals surface area (Å²) in [4.78, 5) is 27.4. The van der Waals surface area contributed by atoms with Gasteiger partial charge in [0.15, 0.2) is 0 Å². The minimum absolute atomic E-state index is 0.0884. The van der Waals surface area contributed by atoms with E-state index in [4.69, 9.17) is 4.74 Å². The Morgan fingerprint density at radius 1 is 1.15 bits per heavy atom. The number of ether oxygens (including phenoxy) is 1. The lowest BCUT2D eigenvalue weighted by Crippen LogP contribution is -2.42. The summed E-state index contributed by atoms with van der Waals surface area (Å²) in [5.41, 5.74) is 0.948. The van der Waals surface area contributed by atoms with Crippen molar-refractivity contribution in [3.8, 4) is 0 Å². The van der Waals surface area contributed by atoms with Gasteiger partial charge in [-0.15, -0.1) is 0 Å². The second-order valence-corrected chi connectivity index (χ2v) is 7.10. The maximum absolute atomic E-state index is 12.7. The van der Waals surface area contributed by atoms with E-state index in [9.17, 15) is 9.59 Å². The number of hydrogen-bond donors (Lipinski definition) is 2. The van der Waals surface area contributed by atoms with E-state index < -0.39 is 5.41 Å². The largest absolute Gasteiger partial charge is 0.376 e. The summed E-state index contributed by atoms with van der Waals surface area (Å²) in [5, 5.41) is 5.81. The number of amides is 2. The Hall–Kier alpha value is -2.08. The fourth-order valence-corrected chi connectivity index (χ4v) is 3.46. The highest BCUT2D eigenvalue weighted by atomic mass is 16.5. The molecule has 1 aromatic rings. The van der Waals surface area contributed by atoms with E-state index >= 15 is 0 Å². The quantitative estimate of drug-likeness (QED) is 0.700. The van der Waals surface area contributed by atoms with Crippen molar-refractivity contribution in [2.75, 3.05) is 36.5 Å². The van der Waals surface area contributed by atoms with E-state index in [2.05, 4.69) is 29.4 Å². The van der Waals surface area contributed by atoms with Gasteiger partial charge >= 0.3 is 0 Å². The Labute approximate surface area is 155 Å². The monoisotopic (exact) mass is 359 g/mol. The molecular weight excluding hydrogens is 330 g/mol. The molecule has 1 aliphatic heterocycles. The van der Waals surface area contributed by atoms with Crippen LogP contribution in [0.5, 0.6) is 0 Å². The van der Waals surface area contributed by atoms with Gasteiger partial charge in [0.1, 0.15) is 5.41 Å². The summed E-state index contributed by atoms with van der Waals surface area (Å²) in [6.45, 7) is 7.37. The first-order valence-corrected chi connectivity index (χ1v) is 9.65. The van der Waals surface area contributed by atoms with Gasteiger partial charge in [-0.1, -0.05) is 0 Å². The van der Waals surface area contributed by atoms with Crippen molar-refractivity contribution in [1.82, 2.24) is 5.32 Å². The van der Waals surface area contributed by atoms with Gasteiger partial charge in [0.2, 0.25) is 11.8 Å². The van der Waals surface area contributed by atoms with Gasteiger partial charge in [-0.05, 0) is 63.8 Å². The van der Waals surface area contributed by atoms with E-state index in [-0.39, 0.29) is 17.9 Å². The van der Waals surface area contributed by atoms with Gasteiger partial charge in [-0.3, -0.25) is 9.59 Å². The molecule has 1 aliphatic carbocycles. The lowest BCUT2D eigenvalue weighted by molar-refractivity contribution is -0.134. The van der Waals surface area contributed by atoms with Gasteiger partial charge < -0.3 is 20.3 Å². The predicted molar refractivity (Wildman–Crippen MR) is 102 cm³/mol. The Bertz CT molecular complexity index is 630. The lowest BCUT2D eigenvalue weighted by atomic mass is 10.0. The van der Waals surface area contributed by atoms with Crippen LogP contribution in [0.25, 0.3) is 0 Å². The van der Waals surface area contributed by atoms with Crippen molar-refractivity contribution in [1.29, 1.82) is 0 Å². The molecule has 0 spiro atoms. The molecule has 2 fully saturated rings. The van der Waals surface area contributed by atoms with Crippen LogP contribution in [0.4, 0.5) is 11.4 Å². The summed E-state index contributed by atoms with van der Waals surface area (Å²) in [6, 6.07) is 7.79. The van der Waals surface area contributed by atoms with Crippen molar-refractivity contribution in [2.24, 2.45) is 5.41 Å². The summed E-state index contributed by atoms with van der Waals surface area (Å²) >= 11 is 0. The Morgan fingerprint density at radius 3 is 2.38 bits per heavy atom. The molecule has 3 rings (SSSR count). The number of benzene rings is 1. The highest BCUT2D eigenvalue weighted by Gasteiger charge is 2.56. The first-order valence-electron chi connectivity index (χ1n) is 9.65. The van der Waals surface area contributed by atoms with Crippen LogP contribution >= 0.6 is 0 Å². The molecule has 0 aromatic heterocycles. The lowest BCUT2D eigenvalue weighted by Gasteiger charge is -2.21. The second kappa shape index (κ2) is 8.08. The van der Waals surface area contributed by atoms with Crippen molar-refractivity contribution >= 4 is 23.2 Å². The number of nitrogens with zero attached hydrogens (tertiary/aromatic N) is 1. The maximum Gasteiger partial charge on any atom is 0.240 e. The summed E-state index contributed by atoms with van der Waals surface area (Å²) in [6.07, 6.45) is 3.31. The molecule has 1 atom stereocenters. The van der Waals surface area contributed by atoms with Gasteiger partial charge in [0, 0.05) is 37.6 Å². The second-order valence-electron chi connectivity index (χ2n) is 7.10. The molecule has 1 saturated carbocycles. The van der Waals surface area contributed by atoms with Crippen LogP contribution in [-0.4, -0.2) is 44.2 Å². The number of rotatable bonds is 8. The molecule has 2 N–H and O–H groups in total. The van der Waals surface area contributed by atoms with Gasteiger partial charge in [0.25, 0.3) is 0 Å². The third kappa shape index (κ3) is 4.01. The molecule has 6 heteroatoms. The highest BCUT2D eigenvalue weighted by molar-refractivity contribution is 6.13. The van der Waals surface area contributed by atoms with Crippen LogP contribution in [-0.2, 0) is 14.3 Å². The zero-order valence-electron chi connectivity index (χ0n) is 15.7. The number of anilines is 2. The third-order valence-electron chi connectivity index (χ3n) is 5.39. The number of nitrogens with one attached hydrogen (secondary N) is 2. The molecule has 142 valence electrons. The average molecular weight is 359 g/mol. The summed E-state index contributed by atoms with van der Waals surface area (Å²) in [5.74, 6) is -0.386. The van der Waals surface area contributed by atoms with Crippen LogP contribution in [0.2, 0.25) is 0 Å². The molecule has 1 unspecified atom stereocenters. The van der Waals surface area contributed by atoms with Crippen LogP contribution in [0, 0.1) is 5.41 Å². The maximum atomic E-state index is 12.7. The zero-order valence-corrected chi connectivity index (χ0v) is 15.7. The molecule has 2 aliphatic rings. The van der Waals surface area contributed by atoms with Crippen LogP contribution in [0.1, 0.15) is 39.5 Å². The number of hydrogen-bond acceptors (Lipinski definition) is 4. The summed E-state index contributed by atoms with van der Waals surface area (Å²) < 4.78 is 5.52. The SMILES string of the molecule is CCN(CC)c1ccc(NC(=O)C2(C(=O)NCC3CCCO3)CC2)cc1. The fourth-order valence-electron chi connectivity index (χ4n) is 3.46. The number of carbonyl (C=O) groups is 2. The average Bonchev–Trinajstić information content (AvgIpc) is 3.31. The van der Waals surface area contributed by atoms with Crippen LogP contribution in [0.15, 0.2) is 24.3 Å². The van der Waals surface area contributed by atoms with Gasteiger partial charge in [0.05, 0.1) is 6.10 Å². The molecular formula is C20H29N3O3. The van der Waals surface area contributed by atoms with Gasteiger partial charge in [-0.2, -0.15) is 0 Å². The first kappa shape index (κ1) is 18.7. The van der Waals surface area contributed by atoms with Gasteiger partial charge in [-0.25, -0.2) is 0 Å². The van der Waals surface area contributed by atoms with Crippen molar-refractivity contribution in [3.05, 3.63) is 24.3 Å². The topological polar surface area (TPSA) is 70.7 Å².